The van der Waals surface area contributed by atoms with Crippen LogP contribution in [0.5, 0.6) is 0 Å². The first-order valence-electron chi connectivity index (χ1n) is 9.13. The molecule has 5 saturated carbocycles. The predicted molar refractivity (Wildman–Crippen MR) is 85.5 cm³/mol. The molecule has 0 spiro atoms. The van der Waals surface area contributed by atoms with Gasteiger partial charge in [0.25, 0.3) is 0 Å². The molecule has 2 N–H and O–H groups in total. The van der Waals surface area contributed by atoms with E-state index in [1.165, 1.54) is 32.1 Å². The fourth-order valence-corrected chi connectivity index (χ4v) is 5.44. The largest absolute Gasteiger partial charge is 0.444 e. The van der Waals surface area contributed by atoms with Crippen molar-refractivity contribution < 1.29 is 9.53 Å². The minimum absolute atomic E-state index is 0.270. The summed E-state index contributed by atoms with van der Waals surface area (Å²) in [5, 5.41) is 6.89. The van der Waals surface area contributed by atoms with Gasteiger partial charge in [0.1, 0.15) is 5.60 Å². The monoisotopic (exact) mass is 306 g/mol. The van der Waals surface area contributed by atoms with Crippen molar-refractivity contribution >= 4 is 6.09 Å². The quantitative estimate of drug-likeness (QED) is 0.842. The van der Waals surface area contributed by atoms with Crippen molar-refractivity contribution in [2.45, 2.75) is 83.0 Å². The van der Waals surface area contributed by atoms with Crippen LogP contribution in [0.25, 0.3) is 0 Å². The number of nitrogens with one attached hydrogen (secondary N) is 2. The molecule has 5 fully saturated rings. The van der Waals surface area contributed by atoms with Gasteiger partial charge in [-0.3, -0.25) is 0 Å². The van der Waals surface area contributed by atoms with Gasteiger partial charge in [-0.2, -0.15) is 0 Å². The predicted octanol–water partition coefficient (Wildman–Crippen LogP) is 3.07. The Labute approximate surface area is 133 Å². The Kier molecular flexibility index (Phi) is 3.44. The Balaban J connectivity index is 1.27. The molecular formula is C18H30N2O2. The number of carbonyl (C=O) groups excluding carboxylic acids is 1. The van der Waals surface area contributed by atoms with E-state index in [9.17, 15) is 4.79 Å². The Morgan fingerprint density at radius 1 is 0.909 bits per heavy atom. The topological polar surface area (TPSA) is 50.4 Å². The summed E-state index contributed by atoms with van der Waals surface area (Å²) in [6.07, 6.45) is 8.08. The molecule has 2 atom stereocenters. The Morgan fingerprint density at radius 2 is 1.50 bits per heavy atom. The smallest absolute Gasteiger partial charge is 0.407 e. The highest BCUT2D eigenvalue weighted by Crippen LogP contribution is 2.54. The van der Waals surface area contributed by atoms with Crippen LogP contribution < -0.4 is 10.6 Å². The van der Waals surface area contributed by atoms with Gasteiger partial charge in [-0.05, 0) is 83.0 Å². The highest BCUT2D eigenvalue weighted by atomic mass is 16.6. The van der Waals surface area contributed by atoms with E-state index in [-0.39, 0.29) is 12.1 Å². The van der Waals surface area contributed by atoms with Gasteiger partial charge in [-0.15, -0.1) is 0 Å². The van der Waals surface area contributed by atoms with E-state index in [2.05, 4.69) is 10.6 Å². The molecule has 5 aliphatic carbocycles. The number of alkyl carbamates (subject to hydrolysis) is 1. The second-order valence-electron chi connectivity index (χ2n) is 9.22. The lowest BCUT2D eigenvalue weighted by Gasteiger charge is -2.54. The molecule has 5 rings (SSSR count). The van der Waals surface area contributed by atoms with Gasteiger partial charge in [0, 0.05) is 18.1 Å². The van der Waals surface area contributed by atoms with E-state index in [1.54, 1.807) is 0 Å². The molecule has 2 unspecified atom stereocenters. The number of amides is 1. The third-order valence-electron chi connectivity index (χ3n) is 6.13. The lowest BCUT2D eigenvalue weighted by molar-refractivity contribution is -0.0146. The van der Waals surface area contributed by atoms with Crippen LogP contribution in [-0.2, 0) is 4.74 Å². The first-order chi connectivity index (χ1) is 10.4. The lowest BCUT2D eigenvalue weighted by Crippen LogP contribution is -2.55. The summed E-state index contributed by atoms with van der Waals surface area (Å²) in [4.78, 5) is 11.8. The summed E-state index contributed by atoms with van der Waals surface area (Å²) in [5.41, 5.74) is -0.413. The van der Waals surface area contributed by atoms with Crippen molar-refractivity contribution in [1.29, 1.82) is 0 Å². The zero-order valence-electron chi connectivity index (χ0n) is 14.1. The third kappa shape index (κ3) is 2.99. The van der Waals surface area contributed by atoms with Gasteiger partial charge < -0.3 is 15.4 Å². The van der Waals surface area contributed by atoms with Crippen LogP contribution in [0.15, 0.2) is 0 Å². The minimum Gasteiger partial charge on any atom is -0.444 e. The Morgan fingerprint density at radius 3 is 2.05 bits per heavy atom. The molecule has 1 amide bonds. The first-order valence-corrected chi connectivity index (χ1v) is 9.13. The molecule has 124 valence electrons. The van der Waals surface area contributed by atoms with Gasteiger partial charge in [0.2, 0.25) is 0 Å². The summed E-state index contributed by atoms with van der Waals surface area (Å²) in [6.45, 7) is 5.72. The van der Waals surface area contributed by atoms with Gasteiger partial charge >= 0.3 is 6.09 Å². The molecule has 0 heterocycles. The van der Waals surface area contributed by atoms with E-state index in [0.717, 1.165) is 30.1 Å². The summed E-state index contributed by atoms with van der Waals surface area (Å²) >= 11 is 0. The maximum absolute atomic E-state index is 11.8. The minimum atomic E-state index is -0.413. The molecule has 0 aromatic carbocycles. The second-order valence-corrected chi connectivity index (χ2v) is 9.22. The number of rotatable bonds is 3. The van der Waals surface area contributed by atoms with Crippen molar-refractivity contribution in [3.63, 3.8) is 0 Å². The maximum atomic E-state index is 11.8. The SMILES string of the molecule is CC(C)(C)OC(=O)NC1CC1NC1C2CC3CC(C2)CC1C3. The van der Waals surface area contributed by atoms with Crippen LogP contribution in [0.2, 0.25) is 0 Å². The molecule has 0 aromatic rings. The molecule has 4 bridgehead atoms. The van der Waals surface area contributed by atoms with Crippen LogP contribution >= 0.6 is 0 Å². The van der Waals surface area contributed by atoms with Gasteiger partial charge in [-0.25, -0.2) is 4.79 Å². The molecule has 22 heavy (non-hydrogen) atoms. The first kappa shape index (κ1) is 14.8. The molecule has 0 aliphatic heterocycles. The summed E-state index contributed by atoms with van der Waals surface area (Å²) in [7, 11) is 0. The van der Waals surface area contributed by atoms with Crippen molar-refractivity contribution in [3.05, 3.63) is 0 Å². The Hall–Kier alpha value is -0.770. The molecule has 0 aromatic heterocycles. The number of ether oxygens (including phenoxy) is 1. The van der Waals surface area contributed by atoms with Crippen molar-refractivity contribution in [3.8, 4) is 0 Å². The molecule has 0 saturated heterocycles. The average Bonchev–Trinajstić information content (AvgIpc) is 3.08. The average molecular weight is 306 g/mol. The molecule has 0 radical (unpaired) electrons. The summed E-state index contributed by atoms with van der Waals surface area (Å²) < 4.78 is 5.34. The van der Waals surface area contributed by atoms with Crippen molar-refractivity contribution in [2.24, 2.45) is 23.7 Å². The van der Waals surface area contributed by atoms with E-state index in [4.69, 9.17) is 4.74 Å². The van der Waals surface area contributed by atoms with E-state index in [1.807, 2.05) is 20.8 Å². The number of hydrogen-bond acceptors (Lipinski definition) is 3. The fraction of sp³-hybridized carbons (Fsp3) is 0.944. The zero-order valence-corrected chi connectivity index (χ0v) is 14.1. The number of hydrogen-bond donors (Lipinski definition) is 2. The zero-order chi connectivity index (χ0) is 15.5. The second kappa shape index (κ2) is 5.12. The van der Waals surface area contributed by atoms with Crippen LogP contribution in [0, 0.1) is 23.7 Å². The van der Waals surface area contributed by atoms with E-state index in [0.29, 0.717) is 12.1 Å². The van der Waals surface area contributed by atoms with Crippen molar-refractivity contribution in [2.75, 3.05) is 0 Å². The van der Waals surface area contributed by atoms with Crippen LogP contribution in [0.4, 0.5) is 4.79 Å². The third-order valence-corrected chi connectivity index (χ3v) is 6.13. The lowest BCUT2D eigenvalue weighted by atomic mass is 9.54. The normalized spacial score (nSPS) is 45.7. The summed E-state index contributed by atoms with van der Waals surface area (Å²) in [6, 6.07) is 1.45. The van der Waals surface area contributed by atoms with E-state index < -0.39 is 5.60 Å². The number of carbonyl (C=O) groups is 1. The van der Waals surface area contributed by atoms with Crippen LogP contribution in [-0.4, -0.2) is 29.8 Å². The molecule has 4 heteroatoms. The Bertz CT molecular complexity index is 428. The fourth-order valence-electron chi connectivity index (χ4n) is 5.44. The molecular weight excluding hydrogens is 276 g/mol. The molecule has 5 aliphatic rings. The summed E-state index contributed by atoms with van der Waals surface area (Å²) in [5.74, 6) is 3.85. The van der Waals surface area contributed by atoms with Gasteiger partial charge in [0.15, 0.2) is 0 Å². The van der Waals surface area contributed by atoms with Gasteiger partial charge in [-0.1, -0.05) is 0 Å². The maximum Gasteiger partial charge on any atom is 0.407 e. The van der Waals surface area contributed by atoms with E-state index >= 15 is 0 Å². The highest BCUT2D eigenvalue weighted by Gasteiger charge is 2.51. The van der Waals surface area contributed by atoms with Crippen LogP contribution in [0.1, 0.15) is 59.3 Å². The van der Waals surface area contributed by atoms with Crippen LogP contribution in [0.3, 0.4) is 0 Å². The highest BCUT2D eigenvalue weighted by molar-refractivity contribution is 5.68. The molecule has 4 nitrogen and oxygen atoms in total. The van der Waals surface area contributed by atoms with Gasteiger partial charge in [0.05, 0.1) is 0 Å². The van der Waals surface area contributed by atoms with Crippen molar-refractivity contribution in [1.82, 2.24) is 10.6 Å². The standard InChI is InChI=1S/C18H30N2O2/c1-18(2,3)22-17(21)20-15-9-14(15)19-16-12-5-10-4-11(7-12)8-13(16)6-10/h10-16,19H,4-9H2,1-3H3,(H,20,21).